The number of likely N-dealkylation sites (tertiary alicyclic amines) is 1. The molecule has 7 heteroatoms. The van der Waals surface area contributed by atoms with E-state index in [-0.39, 0.29) is 30.3 Å². The second kappa shape index (κ2) is 6.99. The van der Waals surface area contributed by atoms with Crippen LogP contribution in [0.1, 0.15) is 11.6 Å². The Morgan fingerprint density at radius 2 is 2.04 bits per heavy atom. The first kappa shape index (κ1) is 16.9. The van der Waals surface area contributed by atoms with E-state index in [1.165, 1.54) is 19.2 Å². The van der Waals surface area contributed by atoms with Crippen LogP contribution in [0.3, 0.4) is 0 Å². The second-order valence-electron chi connectivity index (χ2n) is 6.86. The Morgan fingerprint density at radius 3 is 2.77 bits per heavy atom. The van der Waals surface area contributed by atoms with Crippen molar-refractivity contribution in [2.24, 2.45) is 11.8 Å². The van der Waals surface area contributed by atoms with Crippen molar-refractivity contribution in [3.63, 3.8) is 0 Å². The molecule has 2 aliphatic heterocycles. The van der Waals surface area contributed by atoms with Crippen molar-refractivity contribution in [3.05, 3.63) is 54.1 Å². The molecule has 1 aromatic carbocycles. The van der Waals surface area contributed by atoms with E-state index in [0.29, 0.717) is 18.4 Å². The highest BCUT2D eigenvalue weighted by atomic mass is 19.1. The monoisotopic (exact) mass is 356 g/mol. The average molecular weight is 356 g/mol. The number of aromatic nitrogens is 2. The van der Waals surface area contributed by atoms with Crippen LogP contribution in [0.2, 0.25) is 0 Å². The van der Waals surface area contributed by atoms with Crippen molar-refractivity contribution >= 4 is 11.9 Å². The molecule has 0 saturated carbocycles. The van der Waals surface area contributed by atoms with E-state index in [2.05, 4.69) is 14.9 Å². The Kier molecular flexibility index (Phi) is 4.55. The van der Waals surface area contributed by atoms with Gasteiger partial charge in [-0.15, -0.1) is 0 Å². The number of methoxy groups -OCH3 is 1. The molecule has 0 spiro atoms. The number of rotatable bonds is 4. The van der Waals surface area contributed by atoms with Gasteiger partial charge in [-0.05, 0) is 23.8 Å². The summed E-state index contributed by atoms with van der Waals surface area (Å²) in [5.41, 5.74) is 0.831. The van der Waals surface area contributed by atoms with Crippen molar-refractivity contribution in [2.75, 3.05) is 38.3 Å². The van der Waals surface area contributed by atoms with E-state index in [1.807, 2.05) is 11.0 Å². The van der Waals surface area contributed by atoms with Crippen molar-refractivity contribution in [3.8, 4) is 0 Å². The third kappa shape index (κ3) is 3.03. The van der Waals surface area contributed by atoms with Gasteiger partial charge in [-0.1, -0.05) is 12.1 Å². The normalized spacial score (nSPS) is 24.8. The fourth-order valence-corrected chi connectivity index (χ4v) is 4.24. The summed E-state index contributed by atoms with van der Waals surface area (Å²) in [6.45, 7) is 2.21. The van der Waals surface area contributed by atoms with Gasteiger partial charge in [0, 0.05) is 51.0 Å². The minimum Gasteiger partial charge on any atom is -0.375 e. The quantitative estimate of drug-likeness (QED) is 0.837. The zero-order valence-corrected chi connectivity index (χ0v) is 14.6. The third-order valence-corrected chi connectivity index (χ3v) is 5.28. The standard InChI is InChI=1S/C19H21FN4O2/c1-26-12-17(25)24-10-14-9-23(19-21-6-3-7-22-19)11-16(14)18(24)13-4-2-5-15(20)8-13/h2-8,14,16,18H,9-12H2,1H3/t14-,16-,18+/m1/s1. The Morgan fingerprint density at radius 1 is 1.23 bits per heavy atom. The lowest BCUT2D eigenvalue weighted by molar-refractivity contribution is -0.136. The fourth-order valence-electron chi connectivity index (χ4n) is 4.24. The van der Waals surface area contributed by atoms with Crippen molar-refractivity contribution < 1.29 is 13.9 Å². The molecule has 2 saturated heterocycles. The molecule has 26 heavy (non-hydrogen) atoms. The lowest BCUT2D eigenvalue weighted by atomic mass is 9.89. The number of hydrogen-bond acceptors (Lipinski definition) is 5. The third-order valence-electron chi connectivity index (χ3n) is 5.28. The molecule has 0 unspecified atom stereocenters. The molecule has 0 N–H and O–H groups in total. The highest BCUT2D eigenvalue weighted by molar-refractivity contribution is 5.78. The first-order chi connectivity index (χ1) is 12.7. The number of nitrogens with zero attached hydrogens (tertiary/aromatic N) is 4. The molecule has 1 amide bonds. The molecule has 2 fully saturated rings. The summed E-state index contributed by atoms with van der Waals surface area (Å²) >= 11 is 0. The van der Waals surface area contributed by atoms with E-state index in [9.17, 15) is 9.18 Å². The maximum atomic E-state index is 13.8. The Bertz CT molecular complexity index is 788. The molecule has 3 heterocycles. The summed E-state index contributed by atoms with van der Waals surface area (Å²) in [5, 5.41) is 0. The average Bonchev–Trinajstić information content (AvgIpc) is 3.20. The molecule has 6 nitrogen and oxygen atoms in total. The van der Waals surface area contributed by atoms with Gasteiger partial charge >= 0.3 is 0 Å². The first-order valence-electron chi connectivity index (χ1n) is 8.73. The molecule has 0 aliphatic carbocycles. The minimum absolute atomic E-state index is 0.0385. The number of ether oxygens (including phenoxy) is 1. The number of benzene rings is 1. The lowest BCUT2D eigenvalue weighted by Crippen LogP contribution is -2.37. The summed E-state index contributed by atoms with van der Waals surface area (Å²) in [4.78, 5) is 25.2. The van der Waals surface area contributed by atoms with Crippen LogP contribution in [0, 0.1) is 17.7 Å². The lowest BCUT2D eigenvalue weighted by Gasteiger charge is -2.30. The molecule has 4 rings (SSSR count). The van der Waals surface area contributed by atoms with Crippen LogP contribution in [0.5, 0.6) is 0 Å². The molecule has 2 aliphatic rings. The molecular weight excluding hydrogens is 335 g/mol. The van der Waals surface area contributed by atoms with Crippen LogP contribution >= 0.6 is 0 Å². The number of hydrogen-bond donors (Lipinski definition) is 0. The SMILES string of the molecule is COCC(=O)N1C[C@H]2CN(c3ncccn3)C[C@H]2[C@@H]1c1cccc(F)c1. The zero-order valence-electron chi connectivity index (χ0n) is 14.6. The van der Waals surface area contributed by atoms with E-state index < -0.39 is 0 Å². The Hall–Kier alpha value is -2.54. The van der Waals surface area contributed by atoms with Crippen molar-refractivity contribution in [1.82, 2.24) is 14.9 Å². The summed E-state index contributed by atoms with van der Waals surface area (Å²) in [6.07, 6.45) is 3.46. The topological polar surface area (TPSA) is 58.6 Å². The molecule has 136 valence electrons. The van der Waals surface area contributed by atoms with E-state index in [0.717, 1.165) is 18.7 Å². The molecule has 0 radical (unpaired) electrons. The first-order valence-corrected chi connectivity index (χ1v) is 8.73. The minimum atomic E-state index is -0.286. The number of carbonyl (C=O) groups excluding carboxylic acids is 1. The van der Waals surface area contributed by atoms with Crippen LogP contribution in [0.25, 0.3) is 0 Å². The number of fused-ring (bicyclic) bond motifs is 1. The maximum absolute atomic E-state index is 13.8. The Labute approximate surface area is 151 Å². The van der Waals surface area contributed by atoms with E-state index >= 15 is 0 Å². The van der Waals surface area contributed by atoms with Gasteiger partial charge in [0.15, 0.2) is 0 Å². The maximum Gasteiger partial charge on any atom is 0.249 e. The van der Waals surface area contributed by atoms with Crippen molar-refractivity contribution in [1.29, 1.82) is 0 Å². The van der Waals surface area contributed by atoms with Gasteiger partial charge in [-0.25, -0.2) is 14.4 Å². The molecule has 3 atom stereocenters. The van der Waals surface area contributed by atoms with Gasteiger partial charge in [0.2, 0.25) is 11.9 Å². The largest absolute Gasteiger partial charge is 0.375 e. The second-order valence-corrected chi connectivity index (χ2v) is 6.86. The predicted octanol–water partition coefficient (Wildman–Crippen LogP) is 1.90. The van der Waals surface area contributed by atoms with Gasteiger partial charge in [-0.3, -0.25) is 4.79 Å². The van der Waals surface area contributed by atoms with E-state index in [1.54, 1.807) is 24.5 Å². The summed E-state index contributed by atoms with van der Waals surface area (Å²) in [7, 11) is 1.51. The number of amides is 1. The van der Waals surface area contributed by atoms with Crippen LogP contribution in [0.4, 0.5) is 10.3 Å². The number of carbonyl (C=O) groups is 1. The van der Waals surface area contributed by atoms with Gasteiger partial charge in [0.1, 0.15) is 12.4 Å². The fraction of sp³-hybridized carbons (Fsp3) is 0.421. The zero-order chi connectivity index (χ0) is 18.1. The predicted molar refractivity (Wildman–Crippen MR) is 94.0 cm³/mol. The summed E-state index contributed by atoms with van der Waals surface area (Å²) in [6, 6.07) is 8.18. The van der Waals surface area contributed by atoms with Crippen LogP contribution in [-0.4, -0.2) is 54.1 Å². The van der Waals surface area contributed by atoms with E-state index in [4.69, 9.17) is 4.74 Å². The summed E-state index contributed by atoms with van der Waals surface area (Å²) < 4.78 is 18.9. The van der Waals surface area contributed by atoms with Gasteiger partial charge in [0.05, 0.1) is 6.04 Å². The smallest absolute Gasteiger partial charge is 0.249 e. The Balaban J connectivity index is 1.63. The van der Waals surface area contributed by atoms with Crippen LogP contribution in [-0.2, 0) is 9.53 Å². The molecule has 1 aromatic heterocycles. The molecule has 2 aromatic rings. The number of anilines is 1. The van der Waals surface area contributed by atoms with Gasteiger partial charge < -0.3 is 14.5 Å². The highest BCUT2D eigenvalue weighted by Crippen LogP contribution is 2.45. The summed E-state index contributed by atoms with van der Waals surface area (Å²) in [5.74, 6) is 0.869. The van der Waals surface area contributed by atoms with Gasteiger partial charge in [-0.2, -0.15) is 0 Å². The number of halogens is 1. The molecule has 0 bridgehead atoms. The molecular formula is C19H21FN4O2. The van der Waals surface area contributed by atoms with Gasteiger partial charge in [0.25, 0.3) is 0 Å². The van der Waals surface area contributed by atoms with Crippen molar-refractivity contribution in [2.45, 2.75) is 6.04 Å². The van der Waals surface area contributed by atoms with Crippen LogP contribution in [0.15, 0.2) is 42.7 Å². The van der Waals surface area contributed by atoms with Crippen LogP contribution < -0.4 is 4.90 Å². The highest BCUT2D eigenvalue weighted by Gasteiger charge is 2.49.